The monoisotopic (exact) mass is 234 g/mol. The van der Waals surface area contributed by atoms with E-state index < -0.39 is 5.97 Å². The van der Waals surface area contributed by atoms with E-state index in [0.29, 0.717) is 29.7 Å². The molecule has 1 N–H and O–H groups in total. The van der Waals surface area contributed by atoms with Gasteiger partial charge in [0.2, 0.25) is 0 Å². The van der Waals surface area contributed by atoms with Crippen LogP contribution in [0, 0.1) is 17.8 Å². The van der Waals surface area contributed by atoms with Gasteiger partial charge in [-0.1, -0.05) is 31.1 Å². The van der Waals surface area contributed by atoms with Gasteiger partial charge in [-0.05, 0) is 44.4 Å². The van der Waals surface area contributed by atoms with Crippen LogP contribution in [0.4, 0.5) is 0 Å². The highest BCUT2D eigenvalue weighted by Crippen LogP contribution is 2.44. The van der Waals surface area contributed by atoms with E-state index in [1.54, 1.807) is 0 Å². The molecule has 0 aromatic carbocycles. The third-order valence-corrected chi connectivity index (χ3v) is 4.44. The molecule has 2 atom stereocenters. The molecule has 0 aromatic heterocycles. The minimum absolute atomic E-state index is 0.392. The molecule has 2 aliphatic carbocycles. The van der Waals surface area contributed by atoms with Crippen molar-refractivity contribution < 1.29 is 9.90 Å². The maximum Gasteiger partial charge on any atom is 0.331 e. The van der Waals surface area contributed by atoms with Gasteiger partial charge in [0.1, 0.15) is 0 Å². The van der Waals surface area contributed by atoms with Crippen molar-refractivity contribution in [2.24, 2.45) is 17.8 Å². The summed E-state index contributed by atoms with van der Waals surface area (Å²) in [5.74, 6) is 0.925. The highest BCUT2D eigenvalue weighted by Gasteiger charge is 2.33. The summed E-state index contributed by atoms with van der Waals surface area (Å²) in [7, 11) is 0. The molecule has 0 bridgehead atoms. The summed E-state index contributed by atoms with van der Waals surface area (Å²) in [6.45, 7) is 6.73. The molecule has 94 valence electrons. The predicted octanol–water partition coefficient (Wildman–Crippen LogP) is 3.79. The van der Waals surface area contributed by atoms with E-state index >= 15 is 0 Å². The van der Waals surface area contributed by atoms with Gasteiger partial charge in [-0.2, -0.15) is 0 Å². The Bertz CT molecular complexity index is 388. The Morgan fingerprint density at radius 2 is 2.06 bits per heavy atom. The van der Waals surface area contributed by atoms with Crippen LogP contribution < -0.4 is 0 Å². The molecule has 0 aromatic rings. The number of allylic oxidation sites excluding steroid dienone is 3. The molecule has 0 fully saturated rings. The summed E-state index contributed by atoms with van der Waals surface area (Å²) in [5, 5.41) is 9.13. The van der Waals surface area contributed by atoms with Gasteiger partial charge in [-0.25, -0.2) is 4.79 Å². The summed E-state index contributed by atoms with van der Waals surface area (Å²) in [6.07, 6.45) is 6.11. The number of carbonyl (C=O) groups is 1. The van der Waals surface area contributed by atoms with E-state index in [4.69, 9.17) is 5.11 Å². The Hall–Kier alpha value is -1.05. The van der Waals surface area contributed by atoms with Crippen molar-refractivity contribution in [3.63, 3.8) is 0 Å². The van der Waals surface area contributed by atoms with Crippen LogP contribution >= 0.6 is 0 Å². The zero-order valence-corrected chi connectivity index (χ0v) is 11.0. The molecular weight excluding hydrogens is 212 g/mol. The van der Waals surface area contributed by atoms with Gasteiger partial charge in [-0.3, -0.25) is 0 Å². The average molecular weight is 234 g/mol. The highest BCUT2D eigenvalue weighted by atomic mass is 16.4. The normalized spacial score (nSPS) is 29.1. The first-order chi connectivity index (χ1) is 8.00. The molecule has 2 rings (SSSR count). The third-order valence-electron chi connectivity index (χ3n) is 4.44. The van der Waals surface area contributed by atoms with E-state index in [2.05, 4.69) is 20.8 Å². The van der Waals surface area contributed by atoms with Crippen molar-refractivity contribution in [2.45, 2.75) is 46.5 Å². The Morgan fingerprint density at radius 1 is 1.35 bits per heavy atom. The maximum absolute atomic E-state index is 11.1. The largest absolute Gasteiger partial charge is 0.478 e. The number of carboxylic acid groups (broad SMARTS) is 1. The van der Waals surface area contributed by atoms with Gasteiger partial charge < -0.3 is 5.11 Å². The Morgan fingerprint density at radius 3 is 2.65 bits per heavy atom. The lowest BCUT2D eigenvalue weighted by molar-refractivity contribution is -0.132. The fourth-order valence-corrected chi connectivity index (χ4v) is 3.37. The molecule has 17 heavy (non-hydrogen) atoms. The molecule has 0 unspecified atom stereocenters. The minimum Gasteiger partial charge on any atom is -0.478 e. The van der Waals surface area contributed by atoms with Crippen molar-refractivity contribution in [2.75, 3.05) is 0 Å². The quantitative estimate of drug-likeness (QED) is 0.738. The zero-order chi connectivity index (χ0) is 12.6. The van der Waals surface area contributed by atoms with Crippen molar-refractivity contribution in [3.05, 3.63) is 22.8 Å². The molecule has 2 nitrogen and oxygen atoms in total. The SMILES string of the molecule is CC1=C2CCC(C(=O)O)=C[C@H]2[C@H](C(C)C)CC1. The summed E-state index contributed by atoms with van der Waals surface area (Å²) in [4.78, 5) is 11.1. The number of hydrogen-bond acceptors (Lipinski definition) is 1. The molecule has 0 heterocycles. The lowest BCUT2D eigenvalue weighted by atomic mass is 9.67. The molecule has 0 saturated heterocycles. The molecule has 2 heteroatoms. The van der Waals surface area contributed by atoms with Gasteiger partial charge in [0, 0.05) is 11.5 Å². The van der Waals surface area contributed by atoms with Crippen LogP contribution in [0.2, 0.25) is 0 Å². The summed E-state index contributed by atoms with van der Waals surface area (Å²) in [6, 6.07) is 0. The number of aliphatic carboxylic acids is 1. The van der Waals surface area contributed by atoms with Crippen molar-refractivity contribution in [1.82, 2.24) is 0 Å². The molecule has 0 amide bonds. The molecular formula is C15H22O2. The zero-order valence-electron chi connectivity index (χ0n) is 11.0. The molecule has 0 spiro atoms. The van der Waals surface area contributed by atoms with Gasteiger partial charge in [0.25, 0.3) is 0 Å². The second-order valence-electron chi connectivity index (χ2n) is 5.77. The first-order valence-corrected chi connectivity index (χ1v) is 6.63. The Balaban J connectivity index is 2.36. The number of fused-ring (bicyclic) bond motifs is 1. The van der Waals surface area contributed by atoms with E-state index in [0.717, 1.165) is 6.42 Å². The molecule has 2 aliphatic rings. The Labute approximate surface area is 103 Å². The van der Waals surface area contributed by atoms with Crippen LogP contribution in [-0.2, 0) is 4.79 Å². The fraction of sp³-hybridized carbons (Fsp3) is 0.667. The molecule has 0 aliphatic heterocycles. The Kier molecular flexibility index (Phi) is 3.41. The second kappa shape index (κ2) is 4.67. The lowest BCUT2D eigenvalue weighted by Crippen LogP contribution is -2.28. The van der Waals surface area contributed by atoms with Crippen LogP contribution in [0.3, 0.4) is 0 Å². The van der Waals surface area contributed by atoms with Crippen molar-refractivity contribution >= 4 is 5.97 Å². The standard InChI is InChI=1S/C15H22O2/c1-9(2)12-6-4-10(3)13-7-5-11(15(16)17)8-14(12)13/h8-9,12,14H,4-7H2,1-3H3,(H,16,17)/t12-,14-/m0/s1. The number of rotatable bonds is 2. The number of hydrogen-bond donors (Lipinski definition) is 1. The average Bonchev–Trinajstić information content (AvgIpc) is 2.28. The van der Waals surface area contributed by atoms with E-state index in [-0.39, 0.29) is 0 Å². The maximum atomic E-state index is 11.1. The first-order valence-electron chi connectivity index (χ1n) is 6.63. The highest BCUT2D eigenvalue weighted by molar-refractivity contribution is 5.87. The first kappa shape index (κ1) is 12.4. The predicted molar refractivity (Wildman–Crippen MR) is 68.7 cm³/mol. The van der Waals surface area contributed by atoms with Gasteiger partial charge in [0.05, 0.1) is 0 Å². The minimum atomic E-state index is -0.727. The van der Waals surface area contributed by atoms with Crippen molar-refractivity contribution in [3.8, 4) is 0 Å². The smallest absolute Gasteiger partial charge is 0.331 e. The fourth-order valence-electron chi connectivity index (χ4n) is 3.37. The summed E-state index contributed by atoms with van der Waals surface area (Å²) in [5.41, 5.74) is 3.66. The van der Waals surface area contributed by atoms with Crippen LogP contribution in [0.1, 0.15) is 46.5 Å². The summed E-state index contributed by atoms with van der Waals surface area (Å²) < 4.78 is 0. The second-order valence-corrected chi connectivity index (χ2v) is 5.77. The van der Waals surface area contributed by atoms with Crippen LogP contribution in [-0.4, -0.2) is 11.1 Å². The van der Waals surface area contributed by atoms with Gasteiger partial charge in [0.15, 0.2) is 0 Å². The van der Waals surface area contributed by atoms with Gasteiger partial charge >= 0.3 is 5.97 Å². The van der Waals surface area contributed by atoms with Crippen LogP contribution in [0.15, 0.2) is 22.8 Å². The van der Waals surface area contributed by atoms with Crippen molar-refractivity contribution in [1.29, 1.82) is 0 Å². The van der Waals surface area contributed by atoms with Crippen LogP contribution in [0.5, 0.6) is 0 Å². The summed E-state index contributed by atoms with van der Waals surface area (Å²) >= 11 is 0. The number of carboxylic acids is 1. The van der Waals surface area contributed by atoms with E-state index in [1.807, 2.05) is 6.08 Å². The lowest BCUT2D eigenvalue weighted by Gasteiger charge is -2.38. The van der Waals surface area contributed by atoms with E-state index in [9.17, 15) is 4.79 Å². The van der Waals surface area contributed by atoms with E-state index in [1.165, 1.54) is 24.0 Å². The molecule has 0 saturated carbocycles. The van der Waals surface area contributed by atoms with Crippen LogP contribution in [0.25, 0.3) is 0 Å². The third kappa shape index (κ3) is 2.31. The van der Waals surface area contributed by atoms with Gasteiger partial charge in [-0.15, -0.1) is 0 Å². The molecule has 0 radical (unpaired) electrons. The topological polar surface area (TPSA) is 37.3 Å².